The number of esters is 1. The molecule has 1 N–H and O–H groups in total. The third-order valence-electron chi connectivity index (χ3n) is 3.04. The van der Waals surface area contributed by atoms with Gasteiger partial charge in [-0.25, -0.2) is 4.79 Å². The maximum Gasteiger partial charge on any atom is 0.339 e. The van der Waals surface area contributed by atoms with Crippen LogP contribution in [0.5, 0.6) is 0 Å². The van der Waals surface area contributed by atoms with Crippen LogP contribution in [0.25, 0.3) is 0 Å². The van der Waals surface area contributed by atoms with E-state index in [1.165, 1.54) is 14.2 Å². The molecule has 2 aromatic rings. The van der Waals surface area contributed by atoms with Gasteiger partial charge in [0.2, 0.25) is 5.90 Å². The summed E-state index contributed by atoms with van der Waals surface area (Å²) in [6, 6.07) is 14.2. The van der Waals surface area contributed by atoms with Gasteiger partial charge in [0, 0.05) is 11.1 Å². The maximum absolute atomic E-state index is 11.7. The molecule has 0 heterocycles. The third-order valence-corrected chi connectivity index (χ3v) is 3.04. The van der Waals surface area contributed by atoms with Crippen LogP contribution in [0.3, 0.4) is 0 Å². The van der Waals surface area contributed by atoms with Crippen molar-refractivity contribution in [3.63, 3.8) is 0 Å². The van der Waals surface area contributed by atoms with Crippen molar-refractivity contribution in [1.29, 1.82) is 5.41 Å². The van der Waals surface area contributed by atoms with Crippen molar-refractivity contribution in [2.24, 2.45) is 0 Å². The average molecular weight is 293 g/mol. The lowest BCUT2D eigenvalue weighted by molar-refractivity contribution is 0.0600. The normalized spacial score (nSPS) is 9.36. The standard InChI is InChI=1S/C18H15NO3/c1-21-17(19)15-9-5-3-7-13(15)11-12-14-8-4-6-10-16(14)18(20)22-2/h3-10,19H,1-2H3. The highest BCUT2D eigenvalue weighted by Gasteiger charge is 2.09. The van der Waals surface area contributed by atoms with Crippen molar-refractivity contribution < 1.29 is 14.3 Å². The van der Waals surface area contributed by atoms with Gasteiger partial charge >= 0.3 is 5.97 Å². The predicted molar refractivity (Wildman–Crippen MR) is 84.0 cm³/mol. The number of methoxy groups -OCH3 is 2. The van der Waals surface area contributed by atoms with Crippen LogP contribution in [0.2, 0.25) is 0 Å². The van der Waals surface area contributed by atoms with Crippen molar-refractivity contribution in [3.05, 3.63) is 70.8 Å². The summed E-state index contributed by atoms with van der Waals surface area (Å²) in [5.74, 6) is 5.57. The molecule has 0 unspecified atom stereocenters. The molecule has 2 rings (SSSR count). The minimum atomic E-state index is -0.428. The molecule has 4 nitrogen and oxygen atoms in total. The maximum atomic E-state index is 11.7. The molecule has 0 atom stereocenters. The van der Waals surface area contributed by atoms with Crippen molar-refractivity contribution in [2.75, 3.05) is 14.2 Å². The lowest BCUT2D eigenvalue weighted by Crippen LogP contribution is -2.04. The van der Waals surface area contributed by atoms with Crippen LogP contribution in [0.1, 0.15) is 27.0 Å². The zero-order chi connectivity index (χ0) is 15.9. The molecule has 0 aliphatic rings. The average Bonchev–Trinajstić information content (AvgIpc) is 2.59. The first kappa shape index (κ1) is 15.3. The predicted octanol–water partition coefficient (Wildman–Crippen LogP) is 2.84. The molecular formula is C18H15NO3. The number of rotatable bonds is 2. The fourth-order valence-corrected chi connectivity index (χ4v) is 1.91. The van der Waals surface area contributed by atoms with E-state index in [1.54, 1.807) is 36.4 Å². The summed E-state index contributed by atoms with van der Waals surface area (Å²) in [5, 5.41) is 7.78. The van der Waals surface area contributed by atoms with Crippen molar-refractivity contribution in [3.8, 4) is 11.8 Å². The number of hydrogen-bond donors (Lipinski definition) is 1. The molecule has 0 amide bonds. The second-order valence-corrected chi connectivity index (χ2v) is 4.37. The molecule has 0 bridgehead atoms. The lowest BCUT2D eigenvalue weighted by atomic mass is 10.1. The second-order valence-electron chi connectivity index (χ2n) is 4.37. The fourth-order valence-electron chi connectivity index (χ4n) is 1.91. The Bertz CT molecular complexity index is 706. The van der Waals surface area contributed by atoms with E-state index in [0.717, 1.165) is 0 Å². The Labute approximate surface area is 129 Å². The summed E-state index contributed by atoms with van der Waals surface area (Å²) < 4.78 is 9.70. The lowest BCUT2D eigenvalue weighted by Gasteiger charge is -2.04. The van der Waals surface area contributed by atoms with Gasteiger partial charge in [-0.1, -0.05) is 36.1 Å². The number of benzene rings is 2. The Morgan fingerprint density at radius 2 is 1.36 bits per heavy atom. The van der Waals surface area contributed by atoms with Gasteiger partial charge in [-0.15, -0.1) is 0 Å². The van der Waals surface area contributed by atoms with Gasteiger partial charge in [-0.2, -0.15) is 0 Å². The van der Waals surface area contributed by atoms with Crippen LogP contribution in [-0.4, -0.2) is 26.1 Å². The van der Waals surface area contributed by atoms with E-state index >= 15 is 0 Å². The molecule has 2 aromatic carbocycles. The van der Waals surface area contributed by atoms with Gasteiger partial charge < -0.3 is 9.47 Å². The number of ether oxygens (including phenoxy) is 2. The first-order valence-corrected chi connectivity index (χ1v) is 6.58. The number of hydrogen-bond acceptors (Lipinski definition) is 4. The molecule has 4 heteroatoms. The Morgan fingerprint density at radius 3 is 1.91 bits per heavy atom. The zero-order valence-corrected chi connectivity index (χ0v) is 12.3. The molecule has 0 aliphatic heterocycles. The van der Waals surface area contributed by atoms with Gasteiger partial charge in [0.15, 0.2) is 0 Å². The molecule has 110 valence electrons. The van der Waals surface area contributed by atoms with E-state index in [9.17, 15) is 4.79 Å². The molecule has 0 aliphatic carbocycles. The van der Waals surface area contributed by atoms with Crippen molar-refractivity contribution in [1.82, 2.24) is 0 Å². The Kier molecular flexibility index (Phi) is 4.94. The molecule has 0 spiro atoms. The van der Waals surface area contributed by atoms with Gasteiger partial charge in [0.25, 0.3) is 0 Å². The SMILES string of the molecule is COC(=N)c1ccccc1C#Cc1ccccc1C(=O)OC. The minimum absolute atomic E-state index is 0.0474. The first-order chi connectivity index (χ1) is 10.7. The van der Waals surface area contributed by atoms with Crippen molar-refractivity contribution >= 4 is 11.9 Å². The van der Waals surface area contributed by atoms with Crippen LogP contribution < -0.4 is 0 Å². The quantitative estimate of drug-likeness (QED) is 0.401. The highest BCUT2D eigenvalue weighted by molar-refractivity contribution is 5.95. The minimum Gasteiger partial charge on any atom is -0.481 e. The number of carbonyl (C=O) groups excluding carboxylic acids is 1. The Morgan fingerprint density at radius 1 is 0.864 bits per heavy atom. The summed E-state index contributed by atoms with van der Waals surface area (Å²) in [5.41, 5.74) is 2.26. The highest BCUT2D eigenvalue weighted by atomic mass is 16.5. The molecule has 0 aromatic heterocycles. The largest absolute Gasteiger partial charge is 0.481 e. The second kappa shape index (κ2) is 7.09. The molecule has 22 heavy (non-hydrogen) atoms. The topological polar surface area (TPSA) is 59.4 Å². The fraction of sp³-hybridized carbons (Fsp3) is 0.111. The van der Waals surface area contributed by atoms with Crippen LogP contribution in [0.15, 0.2) is 48.5 Å². The first-order valence-electron chi connectivity index (χ1n) is 6.58. The summed E-state index contributed by atoms with van der Waals surface area (Å²) in [6.45, 7) is 0. The number of carbonyl (C=O) groups is 1. The van der Waals surface area contributed by atoms with Gasteiger partial charge in [0.05, 0.1) is 25.3 Å². The number of nitrogens with one attached hydrogen (secondary N) is 1. The zero-order valence-electron chi connectivity index (χ0n) is 12.3. The van der Waals surface area contributed by atoms with Gasteiger partial charge in [0.1, 0.15) is 0 Å². The highest BCUT2D eigenvalue weighted by Crippen LogP contribution is 2.11. The summed E-state index contributed by atoms with van der Waals surface area (Å²) in [4.78, 5) is 11.7. The van der Waals surface area contributed by atoms with Crippen LogP contribution >= 0.6 is 0 Å². The monoisotopic (exact) mass is 293 g/mol. The Balaban J connectivity index is 2.44. The van der Waals surface area contributed by atoms with Gasteiger partial charge in [-0.3, -0.25) is 5.41 Å². The van der Waals surface area contributed by atoms with E-state index in [4.69, 9.17) is 14.9 Å². The van der Waals surface area contributed by atoms with E-state index in [0.29, 0.717) is 22.3 Å². The summed E-state index contributed by atoms with van der Waals surface area (Å²) in [6.07, 6.45) is 0. The Hall–Kier alpha value is -3.06. The third kappa shape index (κ3) is 3.33. The van der Waals surface area contributed by atoms with Gasteiger partial charge in [-0.05, 0) is 24.3 Å². The van der Waals surface area contributed by atoms with E-state index in [2.05, 4.69) is 11.8 Å². The smallest absolute Gasteiger partial charge is 0.339 e. The van der Waals surface area contributed by atoms with Crippen LogP contribution in [0.4, 0.5) is 0 Å². The molecular weight excluding hydrogens is 278 g/mol. The molecule has 0 saturated heterocycles. The van der Waals surface area contributed by atoms with E-state index in [1.807, 2.05) is 12.1 Å². The van der Waals surface area contributed by atoms with E-state index < -0.39 is 5.97 Å². The molecule has 0 fully saturated rings. The molecule has 0 radical (unpaired) electrons. The summed E-state index contributed by atoms with van der Waals surface area (Å²) in [7, 11) is 2.78. The van der Waals surface area contributed by atoms with Crippen molar-refractivity contribution in [2.45, 2.75) is 0 Å². The molecule has 0 saturated carbocycles. The summed E-state index contributed by atoms with van der Waals surface area (Å²) >= 11 is 0. The van der Waals surface area contributed by atoms with Crippen LogP contribution in [-0.2, 0) is 9.47 Å². The van der Waals surface area contributed by atoms with Crippen LogP contribution in [0, 0.1) is 17.3 Å². The van der Waals surface area contributed by atoms with E-state index in [-0.39, 0.29) is 5.90 Å².